The molecule has 7 heteroatoms. The maximum atomic E-state index is 14.5. The van der Waals surface area contributed by atoms with Gasteiger partial charge in [0.15, 0.2) is 0 Å². The number of furan rings is 1. The van der Waals surface area contributed by atoms with Crippen molar-refractivity contribution < 1.29 is 18.3 Å². The number of halogens is 1. The highest BCUT2D eigenvalue weighted by Gasteiger charge is 2.25. The van der Waals surface area contributed by atoms with E-state index in [9.17, 15) is 9.18 Å². The monoisotopic (exact) mass is 449 g/mol. The van der Waals surface area contributed by atoms with Crippen LogP contribution < -0.4 is 10.1 Å². The second kappa shape index (κ2) is 10.6. The van der Waals surface area contributed by atoms with Gasteiger partial charge in [-0.05, 0) is 36.8 Å². The van der Waals surface area contributed by atoms with E-state index in [1.807, 2.05) is 51.1 Å². The van der Waals surface area contributed by atoms with Gasteiger partial charge >= 0.3 is 0 Å². The number of rotatable bonds is 6. The van der Waals surface area contributed by atoms with Gasteiger partial charge in [-0.2, -0.15) is 0 Å². The minimum Gasteiger partial charge on any atom is -0.489 e. The smallest absolute Gasteiger partial charge is 0.291 e. The van der Waals surface area contributed by atoms with Crippen molar-refractivity contribution >= 4 is 28.3 Å². The molecule has 0 spiro atoms. The number of para-hydroxylation sites is 1. The summed E-state index contributed by atoms with van der Waals surface area (Å²) in [7, 11) is 3.26. The van der Waals surface area contributed by atoms with Gasteiger partial charge in [0, 0.05) is 26.5 Å². The summed E-state index contributed by atoms with van der Waals surface area (Å²) in [6.45, 7) is 6.01. The summed E-state index contributed by atoms with van der Waals surface area (Å²) in [5.41, 5.74) is 2.54. The number of carbonyl (C=O) groups is 1. The number of hydrogen-bond acceptors (Lipinski definition) is 5. The molecule has 0 aliphatic heterocycles. The van der Waals surface area contributed by atoms with Crippen LogP contribution >= 0.6 is 0 Å². The lowest BCUT2D eigenvalue weighted by Gasteiger charge is -2.11. The third-order valence-electron chi connectivity index (χ3n) is 4.79. The molecule has 2 aromatic heterocycles. The molecule has 1 amide bonds. The van der Waals surface area contributed by atoms with E-state index < -0.39 is 5.82 Å². The highest BCUT2D eigenvalue weighted by atomic mass is 19.1. The van der Waals surface area contributed by atoms with E-state index in [1.165, 1.54) is 11.0 Å². The van der Waals surface area contributed by atoms with Gasteiger partial charge in [0.1, 0.15) is 29.4 Å². The van der Waals surface area contributed by atoms with Gasteiger partial charge in [-0.1, -0.05) is 38.1 Å². The van der Waals surface area contributed by atoms with Gasteiger partial charge in [-0.3, -0.25) is 9.78 Å². The largest absolute Gasteiger partial charge is 0.489 e. The average molecular weight is 450 g/mol. The number of hydrogen-bond donors (Lipinski definition) is 1. The Kier molecular flexibility index (Phi) is 7.66. The number of pyridine rings is 1. The quantitative estimate of drug-likeness (QED) is 0.373. The van der Waals surface area contributed by atoms with Crippen LogP contribution in [-0.4, -0.2) is 29.9 Å². The van der Waals surface area contributed by atoms with Crippen molar-refractivity contribution in [1.29, 1.82) is 0 Å². The Morgan fingerprint density at radius 2 is 1.85 bits per heavy atom. The molecule has 0 radical (unpaired) electrons. The maximum absolute atomic E-state index is 14.5. The first kappa shape index (κ1) is 23.8. The molecule has 0 saturated heterocycles. The molecule has 0 fully saturated rings. The summed E-state index contributed by atoms with van der Waals surface area (Å²) >= 11 is 0. The summed E-state index contributed by atoms with van der Waals surface area (Å²) in [6, 6.07) is 14.2. The first-order valence-electron chi connectivity index (χ1n) is 10.8. The third-order valence-corrected chi connectivity index (χ3v) is 4.79. The highest BCUT2D eigenvalue weighted by Crippen LogP contribution is 2.36. The Bertz CT molecular complexity index is 1240. The van der Waals surface area contributed by atoms with Crippen molar-refractivity contribution in [2.75, 3.05) is 19.4 Å². The molecular formula is C26H28FN3O3. The number of amides is 1. The molecule has 4 rings (SSSR count). The minimum absolute atomic E-state index is 0.0777. The second-order valence-electron chi connectivity index (χ2n) is 7.39. The van der Waals surface area contributed by atoms with E-state index in [0.717, 1.165) is 5.56 Å². The van der Waals surface area contributed by atoms with Gasteiger partial charge in [-0.15, -0.1) is 0 Å². The SMILES string of the molecule is CC.Cc1ccc(Nc2c(C(=O)N(C)C)oc3c(COc4ccccc4)cncc23)c(F)c1. The first-order chi connectivity index (χ1) is 15.9. The average Bonchev–Trinajstić information content (AvgIpc) is 3.19. The molecule has 0 atom stereocenters. The van der Waals surface area contributed by atoms with E-state index in [0.29, 0.717) is 28.0 Å². The fraction of sp³-hybridized carbons (Fsp3) is 0.231. The molecular weight excluding hydrogens is 421 g/mol. The van der Waals surface area contributed by atoms with E-state index in [4.69, 9.17) is 9.15 Å². The number of aromatic nitrogens is 1. The Hall–Kier alpha value is -3.87. The zero-order valence-electron chi connectivity index (χ0n) is 19.5. The van der Waals surface area contributed by atoms with E-state index in [1.54, 1.807) is 38.6 Å². The number of benzene rings is 2. The van der Waals surface area contributed by atoms with Crippen molar-refractivity contribution in [2.24, 2.45) is 0 Å². The normalized spacial score (nSPS) is 10.4. The van der Waals surface area contributed by atoms with Gasteiger partial charge in [0.2, 0.25) is 5.76 Å². The van der Waals surface area contributed by atoms with Crippen LogP contribution in [0.5, 0.6) is 5.75 Å². The Balaban J connectivity index is 0.00000149. The molecule has 0 unspecified atom stereocenters. The molecule has 0 aliphatic carbocycles. The summed E-state index contributed by atoms with van der Waals surface area (Å²) in [4.78, 5) is 18.5. The van der Waals surface area contributed by atoms with Crippen LogP contribution in [0.1, 0.15) is 35.5 Å². The fourth-order valence-electron chi connectivity index (χ4n) is 3.18. The van der Waals surface area contributed by atoms with Crippen molar-refractivity contribution in [3.8, 4) is 5.75 Å². The molecule has 0 aliphatic rings. The number of fused-ring (bicyclic) bond motifs is 1. The van der Waals surface area contributed by atoms with Crippen LogP contribution in [0.15, 0.2) is 65.3 Å². The zero-order valence-corrected chi connectivity index (χ0v) is 19.5. The lowest BCUT2D eigenvalue weighted by atomic mass is 10.1. The summed E-state index contributed by atoms with van der Waals surface area (Å²) in [6.07, 6.45) is 3.22. The fourth-order valence-corrected chi connectivity index (χ4v) is 3.18. The van der Waals surface area contributed by atoms with Crippen LogP contribution in [0.3, 0.4) is 0 Å². The lowest BCUT2D eigenvalue weighted by molar-refractivity contribution is 0.0800. The zero-order chi connectivity index (χ0) is 24.0. The molecule has 33 heavy (non-hydrogen) atoms. The van der Waals surface area contributed by atoms with Crippen molar-refractivity contribution in [3.63, 3.8) is 0 Å². The van der Waals surface area contributed by atoms with Crippen molar-refractivity contribution in [2.45, 2.75) is 27.4 Å². The highest BCUT2D eigenvalue weighted by molar-refractivity contribution is 6.07. The molecule has 2 aromatic carbocycles. The predicted octanol–water partition coefficient (Wildman–Crippen LogP) is 6.33. The second-order valence-corrected chi connectivity index (χ2v) is 7.39. The molecule has 6 nitrogen and oxygen atoms in total. The molecule has 172 valence electrons. The number of ether oxygens (including phenoxy) is 1. The van der Waals surface area contributed by atoms with Crippen molar-refractivity contribution in [3.05, 3.63) is 83.6 Å². The molecule has 2 heterocycles. The first-order valence-corrected chi connectivity index (χ1v) is 10.8. The Morgan fingerprint density at radius 3 is 2.52 bits per heavy atom. The summed E-state index contributed by atoms with van der Waals surface area (Å²) in [5.74, 6) is 0.0138. The van der Waals surface area contributed by atoms with Gasteiger partial charge < -0.3 is 19.4 Å². The summed E-state index contributed by atoms with van der Waals surface area (Å²) in [5, 5.41) is 3.60. The van der Waals surface area contributed by atoms with Crippen LogP contribution in [-0.2, 0) is 6.61 Å². The van der Waals surface area contributed by atoms with Crippen LogP contribution in [0.2, 0.25) is 0 Å². The van der Waals surface area contributed by atoms with E-state index in [-0.39, 0.29) is 24.0 Å². The Morgan fingerprint density at radius 1 is 1.12 bits per heavy atom. The number of aryl methyl sites for hydroxylation is 1. The number of nitrogens with zero attached hydrogens (tertiary/aromatic N) is 2. The maximum Gasteiger partial charge on any atom is 0.291 e. The van der Waals surface area contributed by atoms with Gasteiger partial charge in [-0.25, -0.2) is 4.39 Å². The van der Waals surface area contributed by atoms with Crippen LogP contribution in [0.25, 0.3) is 11.0 Å². The topological polar surface area (TPSA) is 67.6 Å². The van der Waals surface area contributed by atoms with E-state index >= 15 is 0 Å². The third kappa shape index (κ3) is 5.31. The molecule has 1 N–H and O–H groups in total. The number of carbonyl (C=O) groups excluding carboxylic acids is 1. The lowest BCUT2D eigenvalue weighted by Crippen LogP contribution is -2.22. The molecule has 0 saturated carbocycles. The van der Waals surface area contributed by atoms with Gasteiger partial charge in [0.25, 0.3) is 5.91 Å². The summed E-state index contributed by atoms with van der Waals surface area (Å²) < 4.78 is 26.3. The van der Waals surface area contributed by atoms with Crippen LogP contribution in [0.4, 0.5) is 15.8 Å². The van der Waals surface area contributed by atoms with Gasteiger partial charge in [0.05, 0.1) is 16.6 Å². The van der Waals surface area contributed by atoms with E-state index in [2.05, 4.69) is 10.3 Å². The molecule has 0 bridgehead atoms. The van der Waals surface area contributed by atoms with Crippen LogP contribution in [0, 0.1) is 12.7 Å². The number of nitrogens with one attached hydrogen (secondary N) is 1. The standard InChI is InChI=1S/C24H22FN3O3.C2H6/c1-15-9-10-20(19(25)11-15)27-21-18-13-26-12-16(14-30-17-7-5-4-6-8-17)22(18)31-23(21)24(29)28(2)3;1-2/h4-13,27H,14H2,1-3H3;1-2H3. The minimum atomic E-state index is -0.422. The van der Waals surface area contributed by atoms with Crippen molar-refractivity contribution in [1.82, 2.24) is 9.88 Å². The molecule has 4 aromatic rings. The Labute approximate surface area is 193 Å². The number of anilines is 2. The predicted molar refractivity (Wildman–Crippen MR) is 129 cm³/mol.